The van der Waals surface area contributed by atoms with Crippen LogP contribution in [0.3, 0.4) is 0 Å². The van der Waals surface area contributed by atoms with Crippen LogP contribution >= 0.6 is 22.9 Å². The Labute approximate surface area is 142 Å². The summed E-state index contributed by atoms with van der Waals surface area (Å²) in [6, 6.07) is 11.2. The van der Waals surface area contributed by atoms with Gasteiger partial charge in [-0.2, -0.15) is 4.98 Å². The van der Waals surface area contributed by atoms with Gasteiger partial charge < -0.3 is 9.84 Å². The van der Waals surface area contributed by atoms with Crippen LogP contribution in [-0.2, 0) is 17.8 Å². The van der Waals surface area contributed by atoms with Crippen LogP contribution in [0.25, 0.3) is 10.7 Å². The summed E-state index contributed by atoms with van der Waals surface area (Å²) < 4.78 is 5.17. The molecule has 0 saturated carbocycles. The zero-order valence-corrected chi connectivity index (χ0v) is 13.7. The second kappa shape index (κ2) is 7.39. The fourth-order valence-corrected chi connectivity index (χ4v) is 2.75. The summed E-state index contributed by atoms with van der Waals surface area (Å²) in [7, 11) is 0. The van der Waals surface area contributed by atoms with E-state index in [0.29, 0.717) is 36.1 Å². The number of nitrogens with one attached hydrogen (secondary N) is 1. The lowest BCUT2D eigenvalue weighted by Gasteiger charge is -2.04. The monoisotopic (exact) mass is 347 g/mol. The fourth-order valence-electron chi connectivity index (χ4n) is 1.97. The van der Waals surface area contributed by atoms with Crippen LogP contribution in [0.2, 0.25) is 5.02 Å². The topological polar surface area (TPSA) is 68.0 Å². The molecule has 0 aliphatic heterocycles. The molecule has 0 saturated heterocycles. The first-order valence-electron chi connectivity index (χ1n) is 7.08. The van der Waals surface area contributed by atoms with Crippen molar-refractivity contribution in [2.45, 2.75) is 19.4 Å². The van der Waals surface area contributed by atoms with Gasteiger partial charge in [0.15, 0.2) is 0 Å². The lowest BCUT2D eigenvalue weighted by molar-refractivity contribution is -0.121. The van der Waals surface area contributed by atoms with Gasteiger partial charge >= 0.3 is 0 Å². The van der Waals surface area contributed by atoms with Gasteiger partial charge in [0.2, 0.25) is 17.6 Å². The van der Waals surface area contributed by atoms with E-state index >= 15 is 0 Å². The van der Waals surface area contributed by atoms with Crippen molar-refractivity contribution in [2.24, 2.45) is 0 Å². The Balaban J connectivity index is 1.46. The number of halogens is 1. The van der Waals surface area contributed by atoms with Crippen molar-refractivity contribution in [3.05, 3.63) is 58.3 Å². The SMILES string of the molecule is O=C(CCc1nc(-c2cccs2)no1)NCc1ccc(Cl)cc1. The maximum absolute atomic E-state index is 11.9. The summed E-state index contributed by atoms with van der Waals surface area (Å²) in [4.78, 5) is 17.1. The van der Waals surface area contributed by atoms with E-state index in [4.69, 9.17) is 16.1 Å². The highest BCUT2D eigenvalue weighted by Gasteiger charge is 2.11. The zero-order valence-electron chi connectivity index (χ0n) is 12.2. The molecule has 118 valence electrons. The molecule has 0 unspecified atom stereocenters. The van der Waals surface area contributed by atoms with Crippen LogP contribution in [-0.4, -0.2) is 16.0 Å². The van der Waals surface area contributed by atoms with Crippen molar-refractivity contribution in [1.29, 1.82) is 0 Å². The number of thiophene rings is 1. The first-order chi connectivity index (χ1) is 11.2. The minimum absolute atomic E-state index is 0.0594. The Morgan fingerprint density at radius 1 is 1.26 bits per heavy atom. The molecular formula is C16H14ClN3O2S. The summed E-state index contributed by atoms with van der Waals surface area (Å²) in [5.41, 5.74) is 1.00. The second-order valence-electron chi connectivity index (χ2n) is 4.89. The van der Waals surface area contributed by atoms with Gasteiger partial charge in [0, 0.05) is 24.4 Å². The van der Waals surface area contributed by atoms with Gasteiger partial charge in [-0.05, 0) is 29.1 Å². The van der Waals surface area contributed by atoms with E-state index < -0.39 is 0 Å². The number of hydrogen-bond donors (Lipinski definition) is 1. The number of nitrogens with zero attached hydrogens (tertiary/aromatic N) is 2. The molecule has 1 aromatic carbocycles. The molecule has 0 bridgehead atoms. The van der Waals surface area contributed by atoms with Gasteiger partial charge in [-0.25, -0.2) is 0 Å². The van der Waals surface area contributed by atoms with Crippen molar-refractivity contribution in [1.82, 2.24) is 15.5 Å². The van der Waals surface area contributed by atoms with Gasteiger partial charge in [0.05, 0.1) is 4.88 Å². The molecule has 0 aliphatic carbocycles. The number of amides is 1. The van der Waals surface area contributed by atoms with Crippen molar-refractivity contribution >= 4 is 28.8 Å². The summed E-state index contributed by atoms with van der Waals surface area (Å²) >= 11 is 7.37. The maximum Gasteiger partial charge on any atom is 0.227 e. The van der Waals surface area contributed by atoms with E-state index in [0.717, 1.165) is 10.4 Å². The third kappa shape index (κ3) is 4.40. The molecule has 0 fully saturated rings. The average Bonchev–Trinajstić information content (AvgIpc) is 3.23. The highest BCUT2D eigenvalue weighted by molar-refractivity contribution is 7.13. The third-order valence-electron chi connectivity index (χ3n) is 3.18. The van der Waals surface area contributed by atoms with Crippen LogP contribution in [0.1, 0.15) is 17.9 Å². The van der Waals surface area contributed by atoms with Gasteiger partial charge in [-0.1, -0.05) is 35.0 Å². The number of hydrogen-bond acceptors (Lipinski definition) is 5. The lowest BCUT2D eigenvalue weighted by atomic mass is 10.2. The standard InChI is InChI=1S/C16H14ClN3O2S/c17-12-5-3-11(4-6-12)10-18-14(21)7-8-15-19-16(20-22-15)13-2-1-9-23-13/h1-6,9H,7-8,10H2,(H,18,21). The molecule has 1 amide bonds. The Morgan fingerprint density at radius 3 is 2.83 bits per heavy atom. The van der Waals surface area contributed by atoms with Gasteiger partial charge in [0.25, 0.3) is 0 Å². The highest BCUT2D eigenvalue weighted by atomic mass is 35.5. The molecule has 7 heteroatoms. The maximum atomic E-state index is 11.9. The molecule has 0 atom stereocenters. The molecule has 3 aromatic rings. The molecule has 2 aromatic heterocycles. The molecule has 1 N–H and O–H groups in total. The number of benzene rings is 1. The zero-order chi connectivity index (χ0) is 16.1. The van der Waals surface area contributed by atoms with Gasteiger partial charge in [-0.15, -0.1) is 11.3 Å². The summed E-state index contributed by atoms with van der Waals surface area (Å²) in [6.07, 6.45) is 0.727. The smallest absolute Gasteiger partial charge is 0.227 e. The molecule has 3 rings (SSSR count). The van der Waals surface area contributed by atoms with Gasteiger partial charge in [-0.3, -0.25) is 4.79 Å². The third-order valence-corrected chi connectivity index (χ3v) is 4.30. The Hall–Kier alpha value is -2.18. The molecule has 0 radical (unpaired) electrons. The Morgan fingerprint density at radius 2 is 2.09 bits per heavy atom. The first-order valence-corrected chi connectivity index (χ1v) is 8.34. The lowest BCUT2D eigenvalue weighted by Crippen LogP contribution is -2.23. The minimum atomic E-state index is -0.0594. The first kappa shape index (κ1) is 15.7. The summed E-state index contributed by atoms with van der Waals surface area (Å²) in [5, 5.41) is 9.40. The van der Waals surface area contributed by atoms with Crippen LogP contribution in [0.15, 0.2) is 46.3 Å². The fraction of sp³-hybridized carbons (Fsp3) is 0.188. The van der Waals surface area contributed by atoms with Crippen LogP contribution in [0, 0.1) is 0 Å². The van der Waals surface area contributed by atoms with E-state index in [1.165, 1.54) is 0 Å². The number of aromatic nitrogens is 2. The van der Waals surface area contributed by atoms with Crippen molar-refractivity contribution < 1.29 is 9.32 Å². The average molecular weight is 348 g/mol. The minimum Gasteiger partial charge on any atom is -0.352 e. The highest BCUT2D eigenvalue weighted by Crippen LogP contribution is 2.21. The molecule has 23 heavy (non-hydrogen) atoms. The molecular weight excluding hydrogens is 334 g/mol. The number of carbonyl (C=O) groups is 1. The van der Waals surface area contributed by atoms with E-state index in [2.05, 4.69) is 15.5 Å². The van der Waals surface area contributed by atoms with Gasteiger partial charge in [0.1, 0.15) is 0 Å². The van der Waals surface area contributed by atoms with Crippen LogP contribution in [0.5, 0.6) is 0 Å². The summed E-state index contributed by atoms with van der Waals surface area (Å²) in [6.45, 7) is 0.473. The second-order valence-corrected chi connectivity index (χ2v) is 6.28. The number of rotatable bonds is 6. The van der Waals surface area contributed by atoms with Crippen LogP contribution < -0.4 is 5.32 Å². The quantitative estimate of drug-likeness (QED) is 0.738. The van der Waals surface area contributed by atoms with Crippen molar-refractivity contribution in [3.63, 3.8) is 0 Å². The normalized spacial score (nSPS) is 10.7. The van der Waals surface area contributed by atoms with Crippen molar-refractivity contribution in [2.75, 3.05) is 0 Å². The largest absolute Gasteiger partial charge is 0.352 e. The number of aryl methyl sites for hydroxylation is 1. The van der Waals surface area contributed by atoms with E-state index in [1.807, 2.05) is 29.6 Å². The van der Waals surface area contributed by atoms with E-state index in [9.17, 15) is 4.79 Å². The molecule has 2 heterocycles. The number of carbonyl (C=O) groups excluding carboxylic acids is 1. The summed E-state index contributed by atoms with van der Waals surface area (Å²) in [5.74, 6) is 0.974. The van der Waals surface area contributed by atoms with E-state index in [1.54, 1.807) is 23.5 Å². The molecule has 5 nitrogen and oxygen atoms in total. The predicted molar refractivity (Wildman–Crippen MR) is 89.2 cm³/mol. The molecule has 0 spiro atoms. The molecule has 0 aliphatic rings. The predicted octanol–water partition coefficient (Wildman–Crippen LogP) is 3.70. The Kier molecular flexibility index (Phi) is 5.05. The van der Waals surface area contributed by atoms with E-state index in [-0.39, 0.29) is 5.91 Å². The van der Waals surface area contributed by atoms with Crippen molar-refractivity contribution in [3.8, 4) is 10.7 Å². The Bertz CT molecular complexity index is 769. The van der Waals surface area contributed by atoms with Crippen LogP contribution in [0.4, 0.5) is 0 Å².